The first-order valence-corrected chi connectivity index (χ1v) is 6.44. The molecule has 0 bridgehead atoms. The van der Waals surface area contributed by atoms with Crippen LogP contribution in [-0.2, 0) is 10.0 Å². The lowest BCUT2D eigenvalue weighted by Gasteiger charge is -2.15. The normalized spacial score (nSPS) is 14.5. The molecule has 4 heteroatoms. The summed E-state index contributed by atoms with van der Waals surface area (Å²) in [5.41, 5.74) is 0.710. The zero-order chi connectivity index (χ0) is 11.4. The minimum Gasteiger partial charge on any atom is -0.204 e. The van der Waals surface area contributed by atoms with Gasteiger partial charge in [-0.1, -0.05) is 13.3 Å². The van der Waals surface area contributed by atoms with Crippen molar-refractivity contribution in [2.75, 3.05) is 0 Å². The number of sulfonamides is 1. The molecule has 0 aromatic rings. The van der Waals surface area contributed by atoms with E-state index < -0.39 is 14.8 Å². The van der Waals surface area contributed by atoms with E-state index in [1.165, 1.54) is 0 Å². The predicted molar refractivity (Wildman–Crippen MR) is 61.3 cm³/mol. The van der Waals surface area contributed by atoms with Crippen molar-refractivity contribution in [1.29, 1.82) is 0 Å². The maximum absolute atomic E-state index is 11.6. The minimum atomic E-state index is -3.34. The Balaban J connectivity index is 4.65. The molecule has 0 heterocycles. The van der Waals surface area contributed by atoms with Crippen molar-refractivity contribution in [3.05, 3.63) is 0 Å². The molecule has 0 amide bonds. The lowest BCUT2D eigenvalue weighted by Crippen LogP contribution is -2.26. The first-order chi connectivity index (χ1) is 6.20. The van der Waals surface area contributed by atoms with E-state index >= 15 is 0 Å². The van der Waals surface area contributed by atoms with Crippen molar-refractivity contribution in [1.82, 2.24) is 0 Å². The number of hydrogen-bond acceptors (Lipinski definition) is 2. The average molecular weight is 219 g/mol. The van der Waals surface area contributed by atoms with Crippen LogP contribution >= 0.6 is 0 Å². The Morgan fingerprint density at radius 3 is 2.14 bits per heavy atom. The highest BCUT2D eigenvalue weighted by atomic mass is 32.2. The molecule has 0 spiro atoms. The fourth-order valence-electron chi connectivity index (χ4n) is 0.820. The van der Waals surface area contributed by atoms with E-state index in [0.717, 1.165) is 19.3 Å². The molecule has 0 unspecified atom stereocenters. The Morgan fingerprint density at radius 2 is 1.79 bits per heavy atom. The summed E-state index contributed by atoms with van der Waals surface area (Å²) in [5, 5.41) is 0. The minimum absolute atomic E-state index is 0.710. The van der Waals surface area contributed by atoms with Crippen LogP contribution in [0, 0.1) is 0 Å². The van der Waals surface area contributed by atoms with Gasteiger partial charge in [-0.2, -0.15) is 4.40 Å². The summed E-state index contributed by atoms with van der Waals surface area (Å²) in [4.78, 5) is 0. The Morgan fingerprint density at radius 1 is 1.29 bits per heavy atom. The first-order valence-electron chi connectivity index (χ1n) is 5.00. The molecule has 84 valence electrons. The second-order valence-corrected chi connectivity index (χ2v) is 6.88. The van der Waals surface area contributed by atoms with Gasteiger partial charge in [-0.15, -0.1) is 0 Å². The SMILES string of the molecule is CCCC/C(C)=N/S(=O)(=O)C(C)(C)C. The largest absolute Gasteiger partial charge is 0.257 e. The van der Waals surface area contributed by atoms with Crippen LogP contribution in [0.2, 0.25) is 0 Å². The topological polar surface area (TPSA) is 46.5 Å². The fraction of sp³-hybridized carbons (Fsp3) is 0.900. The van der Waals surface area contributed by atoms with Gasteiger partial charge in [0.05, 0.1) is 4.75 Å². The molecule has 0 rings (SSSR count). The van der Waals surface area contributed by atoms with Gasteiger partial charge in [0.25, 0.3) is 10.0 Å². The van der Waals surface area contributed by atoms with Crippen LogP contribution in [-0.4, -0.2) is 18.9 Å². The number of hydrogen-bond donors (Lipinski definition) is 0. The van der Waals surface area contributed by atoms with Gasteiger partial charge in [-0.05, 0) is 40.5 Å². The third-order valence-corrected chi connectivity index (χ3v) is 4.04. The van der Waals surface area contributed by atoms with E-state index in [9.17, 15) is 8.42 Å². The van der Waals surface area contributed by atoms with E-state index in [1.807, 2.05) is 0 Å². The van der Waals surface area contributed by atoms with Crippen LogP contribution < -0.4 is 0 Å². The third-order valence-electron chi connectivity index (χ3n) is 1.94. The second-order valence-electron chi connectivity index (χ2n) is 4.52. The van der Waals surface area contributed by atoms with E-state index in [-0.39, 0.29) is 0 Å². The molecule has 0 aromatic heterocycles. The molecule has 0 fully saturated rings. The van der Waals surface area contributed by atoms with Crippen molar-refractivity contribution in [2.24, 2.45) is 4.40 Å². The Bertz CT molecular complexity index is 297. The lowest BCUT2D eigenvalue weighted by atomic mass is 10.2. The maximum Gasteiger partial charge on any atom is 0.257 e. The molecule has 3 nitrogen and oxygen atoms in total. The van der Waals surface area contributed by atoms with Gasteiger partial charge >= 0.3 is 0 Å². The van der Waals surface area contributed by atoms with E-state index in [1.54, 1.807) is 27.7 Å². The van der Waals surface area contributed by atoms with Gasteiger partial charge in [-0.3, -0.25) is 0 Å². The standard InChI is InChI=1S/C10H21NO2S/c1-6-7-8-9(2)11-14(12,13)10(3,4)5/h6-8H2,1-5H3/b11-9+. The van der Waals surface area contributed by atoms with Crippen molar-refractivity contribution in [3.63, 3.8) is 0 Å². The highest BCUT2D eigenvalue weighted by Gasteiger charge is 2.28. The maximum atomic E-state index is 11.6. The van der Waals surface area contributed by atoms with Crippen molar-refractivity contribution in [2.45, 2.75) is 58.6 Å². The number of unbranched alkanes of at least 4 members (excludes halogenated alkanes) is 1. The molecule has 0 aliphatic heterocycles. The summed E-state index contributed by atoms with van der Waals surface area (Å²) >= 11 is 0. The molecule has 0 saturated carbocycles. The number of nitrogens with zero attached hydrogens (tertiary/aromatic N) is 1. The molecular formula is C10H21NO2S. The molecule has 0 aliphatic carbocycles. The van der Waals surface area contributed by atoms with Crippen molar-refractivity contribution < 1.29 is 8.42 Å². The van der Waals surface area contributed by atoms with Gasteiger partial charge < -0.3 is 0 Å². The average Bonchev–Trinajstić information content (AvgIpc) is 1.97. The van der Waals surface area contributed by atoms with Crippen LogP contribution in [0.3, 0.4) is 0 Å². The Kier molecular flexibility index (Phi) is 4.78. The second kappa shape index (κ2) is 4.91. The van der Waals surface area contributed by atoms with E-state index in [0.29, 0.717) is 5.71 Å². The molecule has 14 heavy (non-hydrogen) atoms. The first kappa shape index (κ1) is 13.6. The van der Waals surface area contributed by atoms with Crippen LogP contribution in [0.15, 0.2) is 4.40 Å². The molecule has 0 atom stereocenters. The molecule has 0 N–H and O–H groups in total. The quantitative estimate of drug-likeness (QED) is 0.682. The third kappa shape index (κ3) is 4.22. The fourth-order valence-corrected chi connectivity index (χ4v) is 1.60. The summed E-state index contributed by atoms with van der Waals surface area (Å²) in [6.45, 7) is 8.85. The summed E-state index contributed by atoms with van der Waals surface area (Å²) in [7, 11) is -3.34. The van der Waals surface area contributed by atoms with Crippen molar-refractivity contribution >= 4 is 15.7 Å². The molecule has 0 saturated heterocycles. The van der Waals surface area contributed by atoms with Crippen molar-refractivity contribution in [3.8, 4) is 0 Å². The lowest BCUT2D eigenvalue weighted by molar-refractivity contribution is 0.562. The number of rotatable bonds is 4. The highest BCUT2D eigenvalue weighted by Crippen LogP contribution is 2.17. The van der Waals surface area contributed by atoms with Crippen LogP contribution in [0.4, 0.5) is 0 Å². The Hall–Kier alpha value is -0.380. The van der Waals surface area contributed by atoms with Gasteiger partial charge in [0.1, 0.15) is 0 Å². The molecular weight excluding hydrogens is 198 g/mol. The van der Waals surface area contributed by atoms with Gasteiger partial charge in [0.15, 0.2) is 0 Å². The van der Waals surface area contributed by atoms with Gasteiger partial charge in [0.2, 0.25) is 0 Å². The summed E-state index contributed by atoms with van der Waals surface area (Å²) in [6.07, 6.45) is 2.82. The summed E-state index contributed by atoms with van der Waals surface area (Å²) in [6, 6.07) is 0. The highest BCUT2D eigenvalue weighted by molar-refractivity contribution is 7.91. The molecule has 0 aliphatic rings. The zero-order valence-electron chi connectivity index (χ0n) is 9.79. The van der Waals surface area contributed by atoms with Crippen LogP contribution in [0.5, 0.6) is 0 Å². The van der Waals surface area contributed by atoms with Gasteiger partial charge in [0, 0.05) is 5.71 Å². The summed E-state index contributed by atoms with van der Waals surface area (Å²) < 4.78 is 26.3. The predicted octanol–water partition coefficient (Wildman–Crippen LogP) is 2.77. The van der Waals surface area contributed by atoms with E-state index in [2.05, 4.69) is 11.3 Å². The monoisotopic (exact) mass is 219 g/mol. The van der Waals surface area contributed by atoms with Crippen LogP contribution in [0.1, 0.15) is 53.9 Å². The Labute approximate surface area is 87.7 Å². The van der Waals surface area contributed by atoms with Crippen LogP contribution in [0.25, 0.3) is 0 Å². The molecule has 0 aromatic carbocycles. The smallest absolute Gasteiger partial charge is 0.204 e. The summed E-state index contributed by atoms with van der Waals surface area (Å²) in [5.74, 6) is 0. The zero-order valence-corrected chi connectivity index (χ0v) is 10.6. The van der Waals surface area contributed by atoms with Gasteiger partial charge in [-0.25, -0.2) is 8.42 Å². The molecule has 0 radical (unpaired) electrons. The van der Waals surface area contributed by atoms with E-state index in [4.69, 9.17) is 0 Å².